The van der Waals surface area contributed by atoms with Gasteiger partial charge in [0.15, 0.2) is 0 Å². The lowest BCUT2D eigenvalue weighted by Crippen LogP contribution is -2.39. The van der Waals surface area contributed by atoms with E-state index in [9.17, 15) is 0 Å². The Morgan fingerprint density at radius 2 is 2.13 bits per heavy atom. The smallest absolute Gasteiger partial charge is 0.0644 e. The van der Waals surface area contributed by atoms with Gasteiger partial charge in [-0.1, -0.05) is 6.92 Å². The monoisotopic (exact) mass is 209 g/mol. The van der Waals surface area contributed by atoms with Gasteiger partial charge >= 0.3 is 0 Å². The highest BCUT2D eigenvalue weighted by Gasteiger charge is 2.15. The summed E-state index contributed by atoms with van der Waals surface area (Å²) < 4.78 is 2.11. The van der Waals surface area contributed by atoms with Gasteiger partial charge in [-0.25, -0.2) is 0 Å². The van der Waals surface area contributed by atoms with Crippen LogP contribution in [0.15, 0.2) is 12.3 Å². The molecule has 0 aliphatic heterocycles. The van der Waals surface area contributed by atoms with E-state index in [4.69, 9.17) is 0 Å². The van der Waals surface area contributed by atoms with Gasteiger partial charge in [-0.05, 0) is 40.2 Å². The van der Waals surface area contributed by atoms with E-state index >= 15 is 0 Å². The molecule has 1 rings (SSSR count). The van der Waals surface area contributed by atoms with Crippen molar-refractivity contribution in [2.24, 2.45) is 0 Å². The van der Waals surface area contributed by atoms with Crippen molar-refractivity contribution in [2.75, 3.05) is 6.54 Å². The minimum Gasteiger partial charge on any atom is -0.310 e. The molecule has 15 heavy (non-hydrogen) atoms. The third-order valence-corrected chi connectivity index (χ3v) is 2.55. The summed E-state index contributed by atoms with van der Waals surface area (Å²) in [5.74, 6) is 0. The van der Waals surface area contributed by atoms with E-state index in [-0.39, 0.29) is 5.54 Å². The quantitative estimate of drug-likeness (QED) is 0.826. The minimum atomic E-state index is 0.175. The van der Waals surface area contributed by atoms with Gasteiger partial charge in [0.05, 0.1) is 6.04 Å². The third-order valence-electron chi connectivity index (χ3n) is 2.55. The van der Waals surface area contributed by atoms with Crippen LogP contribution in [0.3, 0.4) is 0 Å². The average molecular weight is 209 g/mol. The highest BCUT2D eigenvalue weighted by atomic mass is 15.3. The molecule has 0 saturated heterocycles. The first kappa shape index (κ1) is 12.2. The van der Waals surface area contributed by atoms with Crippen molar-refractivity contribution in [1.29, 1.82) is 0 Å². The summed E-state index contributed by atoms with van der Waals surface area (Å²) in [6.45, 7) is 11.9. The summed E-state index contributed by atoms with van der Waals surface area (Å²) >= 11 is 0. The summed E-state index contributed by atoms with van der Waals surface area (Å²) in [6.07, 6.45) is 2.97. The number of aromatic nitrogens is 2. The molecule has 3 heteroatoms. The van der Waals surface area contributed by atoms with Crippen LogP contribution in [0, 0.1) is 6.92 Å². The molecule has 1 heterocycles. The Kier molecular flexibility index (Phi) is 3.91. The maximum Gasteiger partial charge on any atom is 0.0644 e. The number of nitrogens with one attached hydrogen (secondary N) is 1. The van der Waals surface area contributed by atoms with Crippen LogP contribution in [0.1, 0.15) is 45.9 Å². The van der Waals surface area contributed by atoms with Gasteiger partial charge < -0.3 is 5.32 Å². The average Bonchev–Trinajstić information content (AvgIpc) is 2.52. The zero-order chi connectivity index (χ0) is 11.5. The molecule has 0 spiro atoms. The Morgan fingerprint density at radius 1 is 1.47 bits per heavy atom. The molecule has 86 valence electrons. The fourth-order valence-corrected chi connectivity index (χ4v) is 1.59. The van der Waals surface area contributed by atoms with Crippen LogP contribution in [0.5, 0.6) is 0 Å². The largest absolute Gasteiger partial charge is 0.310 e. The highest BCUT2D eigenvalue weighted by molar-refractivity contribution is 4.98. The Balaban J connectivity index is 2.61. The van der Waals surface area contributed by atoms with Crippen LogP contribution in [-0.2, 0) is 0 Å². The van der Waals surface area contributed by atoms with Crippen LogP contribution in [0.25, 0.3) is 0 Å². The second-order valence-corrected chi connectivity index (χ2v) is 5.11. The van der Waals surface area contributed by atoms with Crippen LogP contribution >= 0.6 is 0 Å². The van der Waals surface area contributed by atoms with Gasteiger partial charge in [-0.3, -0.25) is 4.68 Å². The van der Waals surface area contributed by atoms with Gasteiger partial charge in [-0.2, -0.15) is 5.10 Å². The fourth-order valence-electron chi connectivity index (χ4n) is 1.59. The van der Waals surface area contributed by atoms with Crippen LogP contribution in [0.2, 0.25) is 0 Å². The van der Waals surface area contributed by atoms with Crippen LogP contribution in [0.4, 0.5) is 0 Å². The molecule has 1 aromatic heterocycles. The molecular weight excluding hydrogens is 186 g/mol. The molecule has 1 N–H and O–H groups in total. The molecule has 1 atom stereocenters. The lowest BCUT2D eigenvalue weighted by atomic mass is 10.1. The molecule has 1 unspecified atom stereocenters. The zero-order valence-corrected chi connectivity index (χ0v) is 10.5. The second kappa shape index (κ2) is 4.79. The summed E-state index contributed by atoms with van der Waals surface area (Å²) in [5, 5.41) is 7.89. The summed E-state index contributed by atoms with van der Waals surface area (Å²) in [5.41, 5.74) is 1.41. The summed E-state index contributed by atoms with van der Waals surface area (Å²) in [4.78, 5) is 0. The van der Waals surface area contributed by atoms with Crippen molar-refractivity contribution in [1.82, 2.24) is 15.1 Å². The maximum atomic E-state index is 4.36. The Labute approximate surface area is 92.9 Å². The van der Waals surface area contributed by atoms with Gasteiger partial charge in [-0.15, -0.1) is 0 Å². The molecule has 0 amide bonds. The van der Waals surface area contributed by atoms with Gasteiger partial charge in [0.25, 0.3) is 0 Å². The van der Waals surface area contributed by atoms with Crippen molar-refractivity contribution in [3.63, 3.8) is 0 Å². The van der Waals surface area contributed by atoms with E-state index < -0.39 is 0 Å². The first-order chi connectivity index (χ1) is 6.94. The molecule has 0 radical (unpaired) electrons. The van der Waals surface area contributed by atoms with Gasteiger partial charge in [0.1, 0.15) is 0 Å². The van der Waals surface area contributed by atoms with Crippen molar-refractivity contribution in [3.8, 4) is 0 Å². The number of nitrogens with zero attached hydrogens (tertiary/aromatic N) is 2. The molecular formula is C12H23N3. The number of hydrogen-bond donors (Lipinski definition) is 1. The number of hydrogen-bond acceptors (Lipinski definition) is 2. The maximum absolute atomic E-state index is 4.36. The van der Waals surface area contributed by atoms with Crippen molar-refractivity contribution < 1.29 is 0 Å². The standard InChI is InChI=1S/C12H23N3/c1-6-11(9-13-12(3,4)5)15-10(2)7-8-14-15/h7-8,11,13H,6,9H2,1-5H3. The lowest BCUT2D eigenvalue weighted by Gasteiger charge is -2.25. The topological polar surface area (TPSA) is 29.9 Å². The van der Waals surface area contributed by atoms with E-state index in [2.05, 4.69) is 55.8 Å². The molecule has 0 aliphatic carbocycles. The molecule has 1 aromatic rings. The minimum absolute atomic E-state index is 0.175. The van der Waals surface area contributed by atoms with Gasteiger partial charge in [0, 0.05) is 24.0 Å². The van der Waals surface area contributed by atoms with Gasteiger partial charge in [0.2, 0.25) is 0 Å². The molecule has 0 aliphatic rings. The second-order valence-electron chi connectivity index (χ2n) is 5.11. The Bertz CT molecular complexity index is 296. The Hall–Kier alpha value is -0.830. The predicted octanol–water partition coefficient (Wildman–Crippen LogP) is 2.53. The number of rotatable bonds is 4. The van der Waals surface area contributed by atoms with E-state index in [1.54, 1.807) is 0 Å². The van der Waals surface area contributed by atoms with Crippen molar-refractivity contribution in [3.05, 3.63) is 18.0 Å². The lowest BCUT2D eigenvalue weighted by molar-refractivity contribution is 0.341. The number of aryl methyl sites for hydroxylation is 1. The Morgan fingerprint density at radius 3 is 2.53 bits per heavy atom. The summed E-state index contributed by atoms with van der Waals surface area (Å²) in [6, 6.07) is 2.51. The van der Waals surface area contributed by atoms with Crippen molar-refractivity contribution >= 4 is 0 Å². The molecule has 3 nitrogen and oxygen atoms in total. The third kappa shape index (κ3) is 3.67. The predicted molar refractivity (Wildman–Crippen MR) is 64.0 cm³/mol. The van der Waals surface area contributed by atoms with E-state index in [0.717, 1.165) is 13.0 Å². The SMILES string of the molecule is CCC(CNC(C)(C)C)n1nccc1C. The highest BCUT2D eigenvalue weighted by Crippen LogP contribution is 2.13. The molecule has 0 bridgehead atoms. The first-order valence-electron chi connectivity index (χ1n) is 5.69. The van der Waals surface area contributed by atoms with E-state index in [0.29, 0.717) is 6.04 Å². The van der Waals surface area contributed by atoms with Crippen LogP contribution in [-0.4, -0.2) is 21.9 Å². The van der Waals surface area contributed by atoms with E-state index in [1.807, 2.05) is 6.20 Å². The van der Waals surface area contributed by atoms with Crippen LogP contribution < -0.4 is 5.32 Å². The van der Waals surface area contributed by atoms with Crippen molar-refractivity contribution in [2.45, 2.75) is 52.6 Å². The first-order valence-corrected chi connectivity index (χ1v) is 5.69. The normalized spacial score (nSPS) is 14.2. The molecule has 0 fully saturated rings. The summed E-state index contributed by atoms with van der Waals surface area (Å²) in [7, 11) is 0. The van der Waals surface area contributed by atoms with E-state index in [1.165, 1.54) is 5.69 Å². The molecule has 0 aromatic carbocycles. The fraction of sp³-hybridized carbons (Fsp3) is 0.750. The molecule has 0 saturated carbocycles. The zero-order valence-electron chi connectivity index (χ0n) is 10.5.